The Morgan fingerprint density at radius 2 is 2.06 bits per heavy atom. The van der Waals surface area contributed by atoms with Gasteiger partial charge in [0.05, 0.1) is 16.0 Å². The summed E-state index contributed by atoms with van der Waals surface area (Å²) in [6.07, 6.45) is 0. The molecule has 88 valence electrons. The van der Waals surface area contributed by atoms with Crippen molar-refractivity contribution in [3.63, 3.8) is 0 Å². The van der Waals surface area contributed by atoms with Gasteiger partial charge in [-0.1, -0.05) is 36.2 Å². The number of hydrogen-bond donors (Lipinski definition) is 1. The van der Waals surface area contributed by atoms with Crippen molar-refractivity contribution in [1.82, 2.24) is 5.32 Å². The lowest BCUT2D eigenvalue weighted by molar-refractivity contribution is -0.118. The van der Waals surface area contributed by atoms with Gasteiger partial charge in [0.25, 0.3) is 0 Å². The van der Waals surface area contributed by atoms with Gasteiger partial charge in [0, 0.05) is 6.54 Å². The number of hydrogen-bond acceptors (Lipinski definition) is 2. The molecule has 1 atom stereocenters. The zero-order chi connectivity index (χ0) is 12.1. The van der Waals surface area contributed by atoms with E-state index in [9.17, 15) is 4.79 Å². The first-order valence-corrected chi connectivity index (χ1v) is 5.98. The highest BCUT2D eigenvalue weighted by Crippen LogP contribution is 2.26. The fourth-order valence-corrected chi connectivity index (χ4v) is 1.82. The largest absolute Gasteiger partial charge is 0.316 e. The van der Waals surface area contributed by atoms with Gasteiger partial charge in [-0.15, -0.1) is 0 Å². The average Bonchev–Trinajstić information content (AvgIpc) is 2.23. The van der Waals surface area contributed by atoms with Crippen LogP contribution in [-0.4, -0.2) is 18.9 Å². The summed E-state index contributed by atoms with van der Waals surface area (Å²) in [4.78, 5) is 11.5. The fourth-order valence-electron chi connectivity index (χ4n) is 1.51. The quantitative estimate of drug-likeness (QED) is 0.880. The Balaban J connectivity index is 2.92. The molecule has 1 N–H and O–H groups in total. The molecule has 1 aromatic carbocycles. The molecule has 0 heterocycles. The van der Waals surface area contributed by atoms with E-state index < -0.39 is 0 Å². The van der Waals surface area contributed by atoms with Gasteiger partial charge in [-0.25, -0.2) is 0 Å². The van der Waals surface area contributed by atoms with E-state index in [4.69, 9.17) is 23.2 Å². The van der Waals surface area contributed by atoms with E-state index in [1.807, 2.05) is 13.0 Å². The number of likely N-dealkylation sites (N-methyl/N-ethyl adjacent to an activating group) is 1. The van der Waals surface area contributed by atoms with Gasteiger partial charge in [0.15, 0.2) is 0 Å². The fraction of sp³-hybridized carbons (Fsp3) is 0.417. The Morgan fingerprint density at radius 3 is 2.56 bits per heavy atom. The van der Waals surface area contributed by atoms with Crippen LogP contribution >= 0.6 is 23.2 Å². The molecular formula is C12H15Cl2NO. The first-order valence-electron chi connectivity index (χ1n) is 5.22. The molecule has 1 aromatic rings. The number of halogens is 2. The molecule has 0 aliphatic rings. The summed E-state index contributed by atoms with van der Waals surface area (Å²) in [5.41, 5.74) is 0.905. The second kappa shape index (κ2) is 6.24. The highest BCUT2D eigenvalue weighted by atomic mass is 35.5. The summed E-state index contributed by atoms with van der Waals surface area (Å²) in [6.45, 7) is 5.06. The van der Waals surface area contributed by atoms with E-state index in [0.29, 0.717) is 16.6 Å². The summed E-state index contributed by atoms with van der Waals surface area (Å²) in [6, 6.07) is 5.33. The molecule has 1 rings (SSSR count). The number of Topliss-reactive ketones (excluding diaryl/α,β-unsaturated/α-hetero) is 1. The van der Waals surface area contributed by atoms with E-state index in [-0.39, 0.29) is 11.7 Å². The predicted octanol–water partition coefficient (Wildman–Crippen LogP) is 3.28. The van der Waals surface area contributed by atoms with Crippen LogP contribution in [0.2, 0.25) is 10.0 Å². The number of rotatable bonds is 5. The van der Waals surface area contributed by atoms with Crippen LogP contribution in [0.1, 0.15) is 25.3 Å². The van der Waals surface area contributed by atoms with Crippen LogP contribution in [0.25, 0.3) is 0 Å². The van der Waals surface area contributed by atoms with Crippen LogP contribution in [0.5, 0.6) is 0 Å². The maximum atomic E-state index is 11.5. The SMILES string of the molecule is CCNC[C@@H](C(C)=O)c1ccc(Cl)c(Cl)c1. The van der Waals surface area contributed by atoms with Crippen molar-refractivity contribution in [1.29, 1.82) is 0 Å². The zero-order valence-corrected chi connectivity index (χ0v) is 10.9. The molecule has 0 aromatic heterocycles. The van der Waals surface area contributed by atoms with Crippen LogP contribution in [0.15, 0.2) is 18.2 Å². The Labute approximate surface area is 106 Å². The van der Waals surface area contributed by atoms with Gasteiger partial charge in [0.2, 0.25) is 0 Å². The number of carbonyl (C=O) groups excluding carboxylic acids is 1. The molecule has 0 unspecified atom stereocenters. The Hall–Kier alpha value is -0.570. The number of carbonyl (C=O) groups is 1. The molecule has 0 bridgehead atoms. The van der Waals surface area contributed by atoms with E-state index in [1.165, 1.54) is 0 Å². The molecule has 0 amide bonds. The second-order valence-corrected chi connectivity index (χ2v) is 4.46. The zero-order valence-electron chi connectivity index (χ0n) is 9.39. The van der Waals surface area contributed by atoms with Crippen molar-refractivity contribution in [2.24, 2.45) is 0 Å². The molecule has 2 nitrogen and oxygen atoms in total. The topological polar surface area (TPSA) is 29.1 Å². The minimum atomic E-state index is -0.158. The standard InChI is InChI=1S/C12H15Cl2NO/c1-3-15-7-10(8(2)16)9-4-5-11(13)12(14)6-9/h4-6,10,15H,3,7H2,1-2H3/t10-/m0/s1. The first kappa shape index (κ1) is 13.5. The monoisotopic (exact) mass is 259 g/mol. The van der Waals surface area contributed by atoms with Gasteiger partial charge in [-0.3, -0.25) is 4.79 Å². The maximum Gasteiger partial charge on any atom is 0.138 e. The third-order valence-corrected chi connectivity index (χ3v) is 3.17. The van der Waals surface area contributed by atoms with E-state index >= 15 is 0 Å². The third-order valence-electron chi connectivity index (χ3n) is 2.44. The molecule has 0 radical (unpaired) electrons. The first-order chi connectivity index (χ1) is 7.56. The summed E-state index contributed by atoms with van der Waals surface area (Å²) in [7, 11) is 0. The molecule has 4 heteroatoms. The van der Waals surface area contributed by atoms with Gasteiger partial charge in [-0.2, -0.15) is 0 Å². The molecule has 0 saturated heterocycles. The highest BCUT2D eigenvalue weighted by Gasteiger charge is 2.16. The molecular weight excluding hydrogens is 245 g/mol. The van der Waals surface area contributed by atoms with Crippen molar-refractivity contribution in [3.8, 4) is 0 Å². The van der Waals surface area contributed by atoms with Crippen LogP contribution in [0, 0.1) is 0 Å². The van der Waals surface area contributed by atoms with Gasteiger partial charge < -0.3 is 5.32 Å². The van der Waals surface area contributed by atoms with E-state index in [2.05, 4.69) is 5.32 Å². The summed E-state index contributed by atoms with van der Waals surface area (Å²) >= 11 is 11.8. The van der Waals surface area contributed by atoms with Gasteiger partial charge >= 0.3 is 0 Å². The molecule has 0 saturated carbocycles. The Morgan fingerprint density at radius 1 is 1.38 bits per heavy atom. The third kappa shape index (κ3) is 3.48. The average molecular weight is 260 g/mol. The van der Waals surface area contributed by atoms with Crippen molar-refractivity contribution < 1.29 is 4.79 Å². The minimum absolute atomic E-state index is 0.124. The summed E-state index contributed by atoms with van der Waals surface area (Å²) < 4.78 is 0. The van der Waals surface area contributed by atoms with Crippen LogP contribution < -0.4 is 5.32 Å². The molecule has 0 aliphatic heterocycles. The summed E-state index contributed by atoms with van der Waals surface area (Å²) in [5, 5.41) is 4.16. The minimum Gasteiger partial charge on any atom is -0.316 e. The number of ketones is 1. The maximum absolute atomic E-state index is 11.5. The Kier molecular flexibility index (Phi) is 5.26. The Bertz CT molecular complexity index is 379. The van der Waals surface area contributed by atoms with Gasteiger partial charge in [0.1, 0.15) is 5.78 Å². The lowest BCUT2D eigenvalue weighted by Gasteiger charge is -2.15. The number of nitrogens with one attached hydrogen (secondary N) is 1. The smallest absolute Gasteiger partial charge is 0.138 e. The lowest BCUT2D eigenvalue weighted by atomic mass is 9.95. The number of benzene rings is 1. The van der Waals surface area contributed by atoms with Crippen LogP contribution in [0.4, 0.5) is 0 Å². The second-order valence-electron chi connectivity index (χ2n) is 3.64. The van der Waals surface area contributed by atoms with Gasteiger partial charge in [-0.05, 0) is 31.2 Å². The molecule has 0 aliphatic carbocycles. The molecule has 0 fully saturated rings. The van der Waals surface area contributed by atoms with Crippen molar-refractivity contribution in [2.75, 3.05) is 13.1 Å². The predicted molar refractivity (Wildman–Crippen MR) is 68.4 cm³/mol. The van der Waals surface area contributed by atoms with E-state index in [0.717, 1.165) is 12.1 Å². The lowest BCUT2D eigenvalue weighted by Crippen LogP contribution is -2.25. The normalized spacial score (nSPS) is 12.5. The van der Waals surface area contributed by atoms with Crippen LogP contribution in [0.3, 0.4) is 0 Å². The summed E-state index contributed by atoms with van der Waals surface area (Å²) in [5.74, 6) is -0.0333. The molecule has 16 heavy (non-hydrogen) atoms. The van der Waals surface area contributed by atoms with E-state index in [1.54, 1.807) is 19.1 Å². The van der Waals surface area contributed by atoms with Crippen molar-refractivity contribution in [3.05, 3.63) is 33.8 Å². The van der Waals surface area contributed by atoms with Crippen molar-refractivity contribution >= 4 is 29.0 Å². The van der Waals surface area contributed by atoms with Crippen molar-refractivity contribution in [2.45, 2.75) is 19.8 Å². The molecule has 0 spiro atoms. The van der Waals surface area contributed by atoms with Crippen LogP contribution in [-0.2, 0) is 4.79 Å². The highest BCUT2D eigenvalue weighted by molar-refractivity contribution is 6.42.